The Hall–Kier alpha value is -3.27. The van der Waals surface area contributed by atoms with Gasteiger partial charge in [-0.3, -0.25) is 4.98 Å². The minimum Gasteiger partial charge on any atom is -0.391 e. The van der Waals surface area contributed by atoms with Gasteiger partial charge in [-0.25, -0.2) is 18.3 Å². The number of ether oxygens (including phenoxy) is 1. The van der Waals surface area contributed by atoms with Crippen LogP contribution in [0.2, 0.25) is 0 Å². The molecule has 38 heavy (non-hydrogen) atoms. The summed E-state index contributed by atoms with van der Waals surface area (Å²) in [5.41, 5.74) is 9.47. The Balaban J connectivity index is 1.46. The summed E-state index contributed by atoms with van der Waals surface area (Å²) >= 11 is 0. The number of nitrogens with two attached hydrogens (primary N) is 1. The van der Waals surface area contributed by atoms with E-state index in [9.17, 15) is 5.11 Å². The second-order valence-corrected chi connectivity index (χ2v) is 10.6. The first-order valence-electron chi connectivity index (χ1n) is 13.0. The molecule has 4 aromatic rings. The van der Waals surface area contributed by atoms with Gasteiger partial charge in [-0.2, -0.15) is 5.10 Å². The van der Waals surface area contributed by atoms with E-state index in [1.54, 1.807) is 29.0 Å². The molecule has 4 atom stereocenters. The normalized spacial score (nSPS) is 21.9. The topological polar surface area (TPSA) is 98.6 Å². The Morgan fingerprint density at radius 1 is 1.13 bits per heavy atom. The van der Waals surface area contributed by atoms with Gasteiger partial charge in [0.15, 0.2) is 0 Å². The van der Waals surface area contributed by atoms with Crippen molar-refractivity contribution in [2.24, 2.45) is 11.7 Å². The molecule has 5 rings (SSSR count). The third kappa shape index (κ3) is 5.32. The van der Waals surface area contributed by atoms with Gasteiger partial charge in [0.25, 0.3) is 0 Å². The second kappa shape index (κ2) is 10.8. The lowest BCUT2D eigenvalue weighted by Crippen LogP contribution is -2.44. The molecule has 0 aliphatic heterocycles. The number of pyridine rings is 1. The van der Waals surface area contributed by atoms with Gasteiger partial charge >= 0.3 is 0 Å². The van der Waals surface area contributed by atoms with Crippen LogP contribution in [0.4, 0.5) is 8.78 Å². The molecule has 0 spiro atoms. The van der Waals surface area contributed by atoms with Gasteiger partial charge in [0, 0.05) is 24.9 Å². The molecular formula is C29H33F2N5O2. The number of fused-ring (bicyclic) bond motifs is 1. The molecule has 0 bridgehead atoms. The zero-order chi connectivity index (χ0) is 27.0. The van der Waals surface area contributed by atoms with Gasteiger partial charge in [-0.15, -0.1) is 0 Å². The smallest absolute Gasteiger partial charge is 0.135 e. The van der Waals surface area contributed by atoms with E-state index in [4.69, 9.17) is 10.5 Å². The van der Waals surface area contributed by atoms with Crippen molar-refractivity contribution in [1.29, 1.82) is 0 Å². The standard InChI is InChI=1S/C29H33F2N5O2/c1-16(2)38-15-18-9-23(30)28(24(31)10-18)26-5-4-21-14-34-27(36(21)35-26)12-20-13-33-7-6-22(20)19-8-17(3)29(37)25(32)11-19/h4-7,9-10,13-14,16-17,19,25,29,37H,8,11-12,15,32H2,1-3H3/t17-,19+,25+,29+/m0/s1. The number of benzene rings is 1. The monoisotopic (exact) mass is 521 g/mol. The van der Waals surface area contributed by atoms with E-state index in [2.05, 4.69) is 15.1 Å². The molecule has 0 radical (unpaired) electrons. The summed E-state index contributed by atoms with van der Waals surface area (Å²) in [7, 11) is 0. The van der Waals surface area contributed by atoms with E-state index in [1.165, 1.54) is 12.1 Å². The first kappa shape index (κ1) is 26.3. The molecule has 3 heterocycles. The first-order chi connectivity index (χ1) is 18.2. The van der Waals surface area contributed by atoms with E-state index in [-0.39, 0.29) is 41.8 Å². The van der Waals surface area contributed by atoms with E-state index in [1.807, 2.05) is 33.0 Å². The molecule has 1 aliphatic carbocycles. The van der Waals surface area contributed by atoms with Crippen LogP contribution in [0.5, 0.6) is 0 Å². The highest BCUT2D eigenvalue weighted by molar-refractivity contribution is 5.63. The zero-order valence-electron chi connectivity index (χ0n) is 21.8. The van der Waals surface area contributed by atoms with E-state index >= 15 is 8.78 Å². The van der Waals surface area contributed by atoms with Crippen molar-refractivity contribution in [3.8, 4) is 11.3 Å². The first-order valence-corrected chi connectivity index (χ1v) is 13.0. The molecular weight excluding hydrogens is 488 g/mol. The van der Waals surface area contributed by atoms with Gasteiger partial charge in [-0.1, -0.05) is 6.92 Å². The van der Waals surface area contributed by atoms with Crippen LogP contribution >= 0.6 is 0 Å². The van der Waals surface area contributed by atoms with Crippen LogP contribution in [-0.2, 0) is 17.8 Å². The Morgan fingerprint density at radius 2 is 1.89 bits per heavy atom. The third-order valence-corrected chi connectivity index (χ3v) is 7.36. The van der Waals surface area contributed by atoms with Crippen molar-refractivity contribution in [3.05, 3.63) is 83.1 Å². The van der Waals surface area contributed by atoms with Crippen LogP contribution in [0.3, 0.4) is 0 Å². The van der Waals surface area contributed by atoms with Crippen LogP contribution in [0.1, 0.15) is 62.0 Å². The minimum absolute atomic E-state index is 0.0466. The average Bonchev–Trinajstić information content (AvgIpc) is 3.27. The summed E-state index contributed by atoms with van der Waals surface area (Å²) in [6.45, 7) is 5.88. The SMILES string of the molecule is CC(C)OCc1cc(F)c(-c2ccc3cnc(Cc4cnccc4[C@H]4C[C@@H](N)[C@H](O)[C@@H](C)C4)n3n2)c(F)c1. The zero-order valence-corrected chi connectivity index (χ0v) is 21.8. The highest BCUT2D eigenvalue weighted by Crippen LogP contribution is 2.37. The number of aliphatic hydroxyl groups excluding tert-OH is 1. The maximum absolute atomic E-state index is 15.0. The predicted molar refractivity (Wildman–Crippen MR) is 140 cm³/mol. The quantitative estimate of drug-likeness (QED) is 0.363. The minimum atomic E-state index is -0.694. The fourth-order valence-corrected chi connectivity index (χ4v) is 5.39. The molecule has 0 saturated heterocycles. The van der Waals surface area contributed by atoms with Crippen molar-refractivity contribution in [3.63, 3.8) is 0 Å². The molecule has 9 heteroatoms. The summed E-state index contributed by atoms with van der Waals surface area (Å²) in [5, 5.41) is 14.9. The Morgan fingerprint density at radius 3 is 2.61 bits per heavy atom. The summed E-state index contributed by atoms with van der Waals surface area (Å²) in [6, 6.07) is 7.64. The molecule has 7 nitrogen and oxygen atoms in total. The molecule has 0 unspecified atom stereocenters. The molecule has 200 valence electrons. The van der Waals surface area contributed by atoms with Crippen LogP contribution in [0, 0.1) is 17.6 Å². The molecule has 1 aliphatic rings. The maximum Gasteiger partial charge on any atom is 0.135 e. The summed E-state index contributed by atoms with van der Waals surface area (Å²) in [6.07, 6.45) is 6.67. The summed E-state index contributed by atoms with van der Waals surface area (Å²) in [4.78, 5) is 8.89. The molecule has 1 fully saturated rings. The Kier molecular flexibility index (Phi) is 7.52. The Labute approximate surface area is 220 Å². The van der Waals surface area contributed by atoms with Gasteiger partial charge in [0.2, 0.25) is 0 Å². The molecule has 0 amide bonds. The summed E-state index contributed by atoms with van der Waals surface area (Å²) in [5.74, 6) is -0.473. The highest BCUT2D eigenvalue weighted by Gasteiger charge is 2.33. The lowest BCUT2D eigenvalue weighted by atomic mass is 9.74. The third-order valence-electron chi connectivity index (χ3n) is 7.36. The molecule has 3 aromatic heterocycles. The van der Waals surface area contributed by atoms with Crippen LogP contribution in [-0.4, -0.2) is 42.9 Å². The highest BCUT2D eigenvalue weighted by atomic mass is 19.1. The van der Waals surface area contributed by atoms with Crippen LogP contribution in [0.15, 0.2) is 48.9 Å². The second-order valence-electron chi connectivity index (χ2n) is 10.6. The molecule has 1 aromatic carbocycles. The van der Waals surface area contributed by atoms with Crippen molar-refractivity contribution in [1.82, 2.24) is 19.6 Å². The lowest BCUT2D eigenvalue weighted by molar-refractivity contribution is 0.0519. The number of nitrogens with zero attached hydrogens (tertiary/aromatic N) is 4. The van der Waals surface area contributed by atoms with Crippen LogP contribution in [0.25, 0.3) is 16.8 Å². The van der Waals surface area contributed by atoms with Crippen molar-refractivity contribution in [2.45, 2.75) is 70.8 Å². The molecule has 1 saturated carbocycles. The van der Waals surface area contributed by atoms with Gasteiger partial charge in [0.1, 0.15) is 17.5 Å². The van der Waals surface area contributed by atoms with E-state index in [0.29, 0.717) is 29.7 Å². The maximum atomic E-state index is 15.0. The number of halogens is 2. The predicted octanol–water partition coefficient (Wildman–Crippen LogP) is 4.79. The van der Waals surface area contributed by atoms with Gasteiger partial charge in [-0.05, 0) is 85.5 Å². The van der Waals surface area contributed by atoms with Crippen molar-refractivity contribution in [2.75, 3.05) is 0 Å². The van der Waals surface area contributed by atoms with Crippen molar-refractivity contribution < 1.29 is 18.6 Å². The van der Waals surface area contributed by atoms with Crippen molar-refractivity contribution >= 4 is 5.52 Å². The number of aliphatic hydroxyl groups is 1. The average molecular weight is 522 g/mol. The Bertz CT molecular complexity index is 1400. The largest absolute Gasteiger partial charge is 0.391 e. The summed E-state index contributed by atoms with van der Waals surface area (Å²) < 4.78 is 37.2. The van der Waals surface area contributed by atoms with Gasteiger partial charge in [0.05, 0.1) is 41.8 Å². The lowest BCUT2D eigenvalue weighted by Gasteiger charge is -2.36. The number of aromatic nitrogens is 4. The molecule has 3 N–H and O–H groups in total. The van der Waals surface area contributed by atoms with Gasteiger partial charge < -0.3 is 15.6 Å². The number of rotatable bonds is 7. The van der Waals surface area contributed by atoms with E-state index < -0.39 is 17.7 Å². The number of hydrogen-bond donors (Lipinski definition) is 2. The fourth-order valence-electron chi connectivity index (χ4n) is 5.39. The number of imidazole rings is 1. The number of hydrogen-bond acceptors (Lipinski definition) is 6. The van der Waals surface area contributed by atoms with E-state index in [0.717, 1.165) is 17.5 Å². The van der Waals surface area contributed by atoms with Crippen LogP contribution < -0.4 is 5.73 Å². The fraction of sp³-hybridized carbons (Fsp3) is 0.414.